The molecule has 4 nitrogen and oxygen atoms in total. The molecule has 0 aliphatic carbocycles. The summed E-state index contributed by atoms with van der Waals surface area (Å²) in [5, 5.41) is -0.0796. The van der Waals surface area contributed by atoms with Gasteiger partial charge in [0.1, 0.15) is 12.9 Å². The summed E-state index contributed by atoms with van der Waals surface area (Å²) in [6.07, 6.45) is 1.17. The highest BCUT2D eigenvalue weighted by Gasteiger charge is 1.96. The number of carbonyl (C=O) groups excluding carboxylic acids is 1. The molecule has 0 spiro atoms. The standard InChI is InChI=1S/C8H13ClO4/c1-3-11-4-5-12-6-8(9)13-7(2)10/h6H,3-5H2,1-2H3/b8-6-. The number of halogens is 1. The summed E-state index contributed by atoms with van der Waals surface area (Å²) in [5.41, 5.74) is 0. The molecule has 0 saturated carbocycles. The van der Waals surface area contributed by atoms with Gasteiger partial charge in [-0.1, -0.05) is 0 Å². The molecule has 13 heavy (non-hydrogen) atoms. The van der Waals surface area contributed by atoms with Crippen LogP contribution in [-0.2, 0) is 19.0 Å². The van der Waals surface area contributed by atoms with E-state index >= 15 is 0 Å². The van der Waals surface area contributed by atoms with Crippen LogP contribution in [0.3, 0.4) is 0 Å². The van der Waals surface area contributed by atoms with E-state index in [1.54, 1.807) is 0 Å². The van der Waals surface area contributed by atoms with Crippen LogP contribution in [0.4, 0.5) is 0 Å². The Hall–Kier alpha value is -0.740. The lowest BCUT2D eigenvalue weighted by Crippen LogP contribution is -2.01. The van der Waals surface area contributed by atoms with Crippen molar-refractivity contribution in [2.45, 2.75) is 13.8 Å². The molecular weight excluding hydrogens is 196 g/mol. The first kappa shape index (κ1) is 12.3. The molecular formula is C8H13ClO4. The zero-order valence-corrected chi connectivity index (χ0v) is 8.47. The van der Waals surface area contributed by atoms with Crippen LogP contribution in [0.5, 0.6) is 0 Å². The quantitative estimate of drug-likeness (QED) is 0.378. The lowest BCUT2D eigenvalue weighted by atomic mass is 10.7. The number of carbonyl (C=O) groups is 1. The van der Waals surface area contributed by atoms with Gasteiger partial charge in [0.05, 0.1) is 6.61 Å². The molecule has 0 aliphatic heterocycles. The molecule has 0 aromatic heterocycles. The Morgan fingerprint density at radius 1 is 1.46 bits per heavy atom. The van der Waals surface area contributed by atoms with Gasteiger partial charge < -0.3 is 14.2 Å². The maximum absolute atomic E-state index is 10.4. The van der Waals surface area contributed by atoms with Crippen molar-refractivity contribution >= 4 is 17.6 Å². The first-order valence-electron chi connectivity index (χ1n) is 3.90. The molecule has 0 unspecified atom stereocenters. The minimum atomic E-state index is -0.477. The van der Waals surface area contributed by atoms with Crippen LogP contribution in [0.25, 0.3) is 0 Å². The highest BCUT2D eigenvalue weighted by Crippen LogP contribution is 2.03. The molecule has 0 bridgehead atoms. The maximum Gasteiger partial charge on any atom is 0.308 e. The third kappa shape index (κ3) is 9.17. The highest BCUT2D eigenvalue weighted by molar-refractivity contribution is 6.28. The summed E-state index contributed by atoms with van der Waals surface area (Å²) in [4.78, 5) is 10.4. The fourth-order valence-electron chi connectivity index (χ4n) is 0.537. The first-order chi connectivity index (χ1) is 6.16. The van der Waals surface area contributed by atoms with Crippen molar-refractivity contribution in [1.29, 1.82) is 0 Å². The number of hydrogen-bond acceptors (Lipinski definition) is 4. The van der Waals surface area contributed by atoms with Gasteiger partial charge in [0.2, 0.25) is 5.22 Å². The van der Waals surface area contributed by atoms with Crippen molar-refractivity contribution in [2.75, 3.05) is 19.8 Å². The molecule has 5 heteroatoms. The minimum Gasteiger partial charge on any atom is -0.494 e. The molecule has 0 radical (unpaired) electrons. The van der Waals surface area contributed by atoms with Crippen LogP contribution >= 0.6 is 11.6 Å². The number of hydrogen-bond donors (Lipinski definition) is 0. The van der Waals surface area contributed by atoms with Gasteiger partial charge in [-0.05, 0) is 18.5 Å². The Bertz CT molecular complexity index is 179. The minimum absolute atomic E-state index is 0.0796. The third-order valence-electron chi connectivity index (χ3n) is 0.967. The van der Waals surface area contributed by atoms with Crippen molar-refractivity contribution in [1.82, 2.24) is 0 Å². The van der Waals surface area contributed by atoms with Gasteiger partial charge in [0.15, 0.2) is 0 Å². The average molecular weight is 209 g/mol. The molecule has 0 atom stereocenters. The smallest absolute Gasteiger partial charge is 0.308 e. The van der Waals surface area contributed by atoms with E-state index in [9.17, 15) is 4.79 Å². The molecule has 0 amide bonds. The maximum atomic E-state index is 10.4. The molecule has 0 heterocycles. The molecule has 0 aliphatic rings. The Morgan fingerprint density at radius 2 is 2.15 bits per heavy atom. The Kier molecular flexibility index (Phi) is 7.44. The number of ether oxygens (including phenoxy) is 3. The molecule has 0 N–H and O–H groups in total. The van der Waals surface area contributed by atoms with Gasteiger partial charge >= 0.3 is 5.97 Å². The predicted octanol–water partition coefficient (Wildman–Crippen LogP) is 1.64. The molecule has 0 aromatic rings. The molecule has 0 saturated heterocycles. The van der Waals surface area contributed by atoms with Gasteiger partial charge in [-0.3, -0.25) is 4.79 Å². The fourth-order valence-corrected chi connectivity index (χ4v) is 0.709. The van der Waals surface area contributed by atoms with Crippen LogP contribution in [-0.4, -0.2) is 25.8 Å². The summed E-state index contributed by atoms with van der Waals surface area (Å²) in [6.45, 7) is 4.66. The van der Waals surface area contributed by atoms with Crippen LogP contribution < -0.4 is 0 Å². The van der Waals surface area contributed by atoms with Gasteiger partial charge in [-0.25, -0.2) is 0 Å². The number of esters is 1. The van der Waals surface area contributed by atoms with E-state index in [2.05, 4.69) is 4.74 Å². The third-order valence-corrected chi connectivity index (χ3v) is 1.13. The van der Waals surface area contributed by atoms with Crippen molar-refractivity contribution < 1.29 is 19.0 Å². The van der Waals surface area contributed by atoms with E-state index in [-0.39, 0.29) is 5.22 Å². The lowest BCUT2D eigenvalue weighted by molar-refractivity contribution is -0.136. The van der Waals surface area contributed by atoms with Gasteiger partial charge in [0, 0.05) is 13.5 Å². The summed E-state index contributed by atoms with van der Waals surface area (Å²) in [6, 6.07) is 0. The van der Waals surface area contributed by atoms with E-state index in [4.69, 9.17) is 21.1 Å². The second-order valence-corrected chi connectivity index (χ2v) is 2.46. The normalized spacial score (nSPS) is 11.2. The summed E-state index contributed by atoms with van der Waals surface area (Å²) in [7, 11) is 0. The SMILES string of the molecule is CCOCCO/C=C(/Cl)OC(C)=O. The average Bonchev–Trinajstić information content (AvgIpc) is 2.02. The van der Waals surface area contributed by atoms with E-state index in [1.165, 1.54) is 13.2 Å². The van der Waals surface area contributed by atoms with Crippen LogP contribution in [0.2, 0.25) is 0 Å². The first-order valence-corrected chi connectivity index (χ1v) is 4.28. The van der Waals surface area contributed by atoms with Crippen molar-refractivity contribution in [2.24, 2.45) is 0 Å². The second kappa shape index (κ2) is 7.89. The Labute approximate surface area is 82.4 Å². The topological polar surface area (TPSA) is 44.8 Å². The highest BCUT2D eigenvalue weighted by atomic mass is 35.5. The lowest BCUT2D eigenvalue weighted by Gasteiger charge is -2.01. The van der Waals surface area contributed by atoms with Crippen molar-refractivity contribution in [3.63, 3.8) is 0 Å². The van der Waals surface area contributed by atoms with E-state index in [1.807, 2.05) is 6.92 Å². The molecule has 0 aromatic carbocycles. The predicted molar refractivity (Wildman–Crippen MR) is 48.1 cm³/mol. The Morgan fingerprint density at radius 3 is 2.69 bits per heavy atom. The van der Waals surface area contributed by atoms with Crippen LogP contribution in [0.15, 0.2) is 11.5 Å². The van der Waals surface area contributed by atoms with E-state index in [0.29, 0.717) is 19.8 Å². The zero-order chi connectivity index (χ0) is 10.1. The number of rotatable bonds is 6. The van der Waals surface area contributed by atoms with E-state index in [0.717, 1.165) is 0 Å². The van der Waals surface area contributed by atoms with E-state index < -0.39 is 5.97 Å². The van der Waals surface area contributed by atoms with Crippen LogP contribution in [0.1, 0.15) is 13.8 Å². The fraction of sp³-hybridized carbons (Fsp3) is 0.625. The zero-order valence-electron chi connectivity index (χ0n) is 7.71. The molecule has 0 rings (SSSR count). The largest absolute Gasteiger partial charge is 0.494 e. The monoisotopic (exact) mass is 208 g/mol. The van der Waals surface area contributed by atoms with Crippen molar-refractivity contribution in [3.05, 3.63) is 11.5 Å². The second-order valence-electron chi connectivity index (χ2n) is 2.08. The summed E-state index contributed by atoms with van der Waals surface area (Å²) >= 11 is 5.44. The molecule has 76 valence electrons. The summed E-state index contributed by atoms with van der Waals surface area (Å²) in [5.74, 6) is -0.477. The van der Waals surface area contributed by atoms with Gasteiger partial charge in [-0.15, -0.1) is 0 Å². The van der Waals surface area contributed by atoms with Crippen molar-refractivity contribution in [3.8, 4) is 0 Å². The van der Waals surface area contributed by atoms with Gasteiger partial charge in [0.25, 0.3) is 0 Å². The van der Waals surface area contributed by atoms with Crippen LogP contribution in [0, 0.1) is 0 Å². The Balaban J connectivity index is 3.42. The van der Waals surface area contributed by atoms with Gasteiger partial charge in [-0.2, -0.15) is 0 Å². The molecule has 0 fully saturated rings. The summed E-state index contributed by atoms with van der Waals surface area (Å²) < 4.78 is 14.4.